The van der Waals surface area contributed by atoms with E-state index in [0.717, 1.165) is 5.76 Å². The van der Waals surface area contributed by atoms with Crippen molar-refractivity contribution in [1.82, 2.24) is 0 Å². The Bertz CT molecular complexity index is 136. The second kappa shape index (κ2) is 5.51. The van der Waals surface area contributed by atoms with E-state index in [2.05, 4.69) is 19.2 Å². The Morgan fingerprint density at radius 2 is 2.33 bits per heavy atom. The van der Waals surface area contributed by atoms with Crippen molar-refractivity contribution in [2.45, 2.75) is 0 Å². The van der Waals surface area contributed by atoms with E-state index in [1.807, 2.05) is 0 Å². The van der Waals surface area contributed by atoms with Crippen LogP contribution in [0, 0.1) is 0 Å². The topological polar surface area (TPSA) is 9.23 Å². The molecule has 0 radical (unpaired) electrons. The molecule has 0 aliphatic heterocycles. The molecule has 0 fully saturated rings. The molecule has 0 aromatic heterocycles. The maximum absolute atomic E-state index is 4.86. The van der Waals surface area contributed by atoms with Crippen molar-refractivity contribution in [2.75, 3.05) is 7.11 Å². The summed E-state index contributed by atoms with van der Waals surface area (Å²) in [5, 5.41) is 1.63. The average molecular weight is 142 g/mol. The monoisotopic (exact) mass is 142 g/mol. The van der Waals surface area contributed by atoms with Crippen LogP contribution in [0.3, 0.4) is 0 Å². The van der Waals surface area contributed by atoms with Crippen LogP contribution < -0.4 is 0 Å². The van der Waals surface area contributed by atoms with Crippen LogP contribution in [-0.4, -0.2) is 7.11 Å². The summed E-state index contributed by atoms with van der Waals surface area (Å²) in [6.45, 7) is 3.53. The van der Waals surface area contributed by atoms with Gasteiger partial charge in [-0.05, 0) is 17.6 Å². The number of hydrogen-bond donors (Lipinski definition) is 1. The lowest BCUT2D eigenvalue weighted by Crippen LogP contribution is -1.77. The van der Waals surface area contributed by atoms with E-state index in [-0.39, 0.29) is 0 Å². The zero-order valence-corrected chi connectivity index (χ0v) is 6.27. The zero-order valence-electron chi connectivity index (χ0n) is 5.37. The minimum Gasteiger partial charge on any atom is -0.497 e. The SMILES string of the molecule is C=C/C(=C\C=C\S)OC. The molecule has 0 aromatic carbocycles. The number of methoxy groups -OCH3 is 1. The van der Waals surface area contributed by atoms with Gasteiger partial charge in [0.2, 0.25) is 0 Å². The third kappa shape index (κ3) is 3.91. The molecule has 9 heavy (non-hydrogen) atoms. The van der Waals surface area contributed by atoms with E-state index in [9.17, 15) is 0 Å². The molecule has 0 unspecified atom stereocenters. The summed E-state index contributed by atoms with van der Waals surface area (Å²) < 4.78 is 4.86. The molecule has 0 N–H and O–H groups in total. The lowest BCUT2D eigenvalue weighted by atomic mass is 10.4. The first-order chi connectivity index (χ1) is 4.35. The number of allylic oxidation sites excluding steroid dienone is 3. The van der Waals surface area contributed by atoms with Crippen LogP contribution in [0.15, 0.2) is 36.0 Å². The van der Waals surface area contributed by atoms with E-state index in [1.54, 1.807) is 30.7 Å². The molecule has 0 saturated carbocycles. The van der Waals surface area contributed by atoms with Gasteiger partial charge < -0.3 is 4.74 Å². The van der Waals surface area contributed by atoms with Crippen molar-refractivity contribution in [2.24, 2.45) is 0 Å². The molecule has 50 valence electrons. The average Bonchev–Trinajstić information content (AvgIpc) is 1.91. The van der Waals surface area contributed by atoms with Gasteiger partial charge in [0.15, 0.2) is 0 Å². The van der Waals surface area contributed by atoms with Gasteiger partial charge in [-0.15, -0.1) is 0 Å². The lowest BCUT2D eigenvalue weighted by molar-refractivity contribution is 0.307. The van der Waals surface area contributed by atoms with Crippen LogP contribution in [0.1, 0.15) is 0 Å². The molecule has 0 rings (SSSR count). The largest absolute Gasteiger partial charge is 0.497 e. The van der Waals surface area contributed by atoms with Gasteiger partial charge in [-0.1, -0.05) is 12.7 Å². The van der Waals surface area contributed by atoms with Gasteiger partial charge in [0.25, 0.3) is 0 Å². The fourth-order valence-corrected chi connectivity index (χ4v) is 0.443. The van der Waals surface area contributed by atoms with Crippen molar-refractivity contribution in [3.05, 3.63) is 36.0 Å². The lowest BCUT2D eigenvalue weighted by Gasteiger charge is -1.94. The Kier molecular flexibility index (Phi) is 5.12. The summed E-state index contributed by atoms with van der Waals surface area (Å²) in [5.74, 6) is 0.736. The molecule has 0 amide bonds. The molecule has 0 spiro atoms. The summed E-state index contributed by atoms with van der Waals surface area (Å²) in [5.41, 5.74) is 0. The van der Waals surface area contributed by atoms with Crippen LogP contribution >= 0.6 is 12.6 Å². The third-order valence-electron chi connectivity index (χ3n) is 0.783. The molecule has 2 heteroatoms. The standard InChI is InChI=1S/C7H10OS/c1-3-7(8-2)5-4-6-9/h3-6,9H,1H2,2H3/b6-4+,7-5+. The quantitative estimate of drug-likeness (QED) is 0.361. The Morgan fingerprint density at radius 1 is 1.67 bits per heavy atom. The van der Waals surface area contributed by atoms with Gasteiger partial charge in [-0.2, -0.15) is 12.6 Å². The molecule has 0 aliphatic carbocycles. The molecule has 0 aliphatic rings. The van der Waals surface area contributed by atoms with Crippen LogP contribution in [0.2, 0.25) is 0 Å². The summed E-state index contributed by atoms with van der Waals surface area (Å²) in [6, 6.07) is 0. The van der Waals surface area contributed by atoms with Crippen LogP contribution in [0.4, 0.5) is 0 Å². The van der Waals surface area contributed by atoms with Crippen molar-refractivity contribution in [1.29, 1.82) is 0 Å². The first-order valence-electron chi connectivity index (χ1n) is 2.52. The van der Waals surface area contributed by atoms with E-state index >= 15 is 0 Å². The molecule has 0 saturated heterocycles. The Morgan fingerprint density at radius 3 is 2.67 bits per heavy atom. The maximum atomic E-state index is 4.86. The fourth-order valence-electron chi connectivity index (χ4n) is 0.357. The van der Waals surface area contributed by atoms with E-state index < -0.39 is 0 Å². The smallest absolute Gasteiger partial charge is 0.118 e. The highest BCUT2D eigenvalue weighted by Crippen LogP contribution is 1.95. The first-order valence-corrected chi connectivity index (χ1v) is 3.04. The van der Waals surface area contributed by atoms with Crippen molar-refractivity contribution < 1.29 is 4.74 Å². The highest BCUT2D eigenvalue weighted by Gasteiger charge is 1.80. The second-order valence-corrected chi connectivity index (χ2v) is 1.62. The van der Waals surface area contributed by atoms with Crippen LogP contribution in [-0.2, 0) is 4.74 Å². The fraction of sp³-hybridized carbons (Fsp3) is 0.143. The molecular formula is C7H10OS. The van der Waals surface area contributed by atoms with Gasteiger partial charge in [0, 0.05) is 0 Å². The highest BCUT2D eigenvalue weighted by molar-refractivity contribution is 7.83. The normalized spacial score (nSPS) is 12.0. The predicted molar refractivity (Wildman–Crippen MR) is 43.4 cm³/mol. The van der Waals surface area contributed by atoms with Crippen LogP contribution in [0.5, 0.6) is 0 Å². The van der Waals surface area contributed by atoms with Gasteiger partial charge in [0.1, 0.15) is 5.76 Å². The molecule has 1 nitrogen and oxygen atoms in total. The van der Waals surface area contributed by atoms with E-state index in [0.29, 0.717) is 0 Å². The van der Waals surface area contributed by atoms with Gasteiger partial charge in [0.05, 0.1) is 7.11 Å². The van der Waals surface area contributed by atoms with Gasteiger partial charge >= 0.3 is 0 Å². The number of rotatable bonds is 3. The van der Waals surface area contributed by atoms with Crippen molar-refractivity contribution in [3.8, 4) is 0 Å². The number of hydrogen-bond acceptors (Lipinski definition) is 2. The molecule has 0 bridgehead atoms. The summed E-state index contributed by atoms with van der Waals surface area (Å²) >= 11 is 3.86. The number of thiol groups is 1. The zero-order chi connectivity index (χ0) is 7.11. The first kappa shape index (κ1) is 8.37. The van der Waals surface area contributed by atoms with Gasteiger partial charge in [-0.3, -0.25) is 0 Å². The Hall–Kier alpha value is -0.630. The minimum atomic E-state index is 0.736. The molecular weight excluding hydrogens is 132 g/mol. The summed E-state index contributed by atoms with van der Waals surface area (Å²) in [4.78, 5) is 0. The molecule has 0 atom stereocenters. The Labute approximate surface area is 61.1 Å². The van der Waals surface area contributed by atoms with Gasteiger partial charge in [-0.25, -0.2) is 0 Å². The maximum Gasteiger partial charge on any atom is 0.118 e. The summed E-state index contributed by atoms with van der Waals surface area (Å²) in [7, 11) is 1.60. The number of ether oxygens (including phenoxy) is 1. The van der Waals surface area contributed by atoms with E-state index in [1.165, 1.54) is 0 Å². The molecule has 0 heterocycles. The second-order valence-electron chi connectivity index (χ2n) is 1.32. The van der Waals surface area contributed by atoms with Crippen LogP contribution in [0.25, 0.3) is 0 Å². The highest BCUT2D eigenvalue weighted by atomic mass is 32.1. The predicted octanol–water partition coefficient (Wildman–Crippen LogP) is 2.15. The van der Waals surface area contributed by atoms with E-state index in [4.69, 9.17) is 4.74 Å². The summed E-state index contributed by atoms with van der Waals surface area (Å²) in [6.07, 6.45) is 5.18. The van der Waals surface area contributed by atoms with Crippen molar-refractivity contribution in [3.63, 3.8) is 0 Å². The molecule has 0 aromatic rings. The van der Waals surface area contributed by atoms with Crippen molar-refractivity contribution >= 4 is 12.6 Å². The Balaban J connectivity index is 3.90. The minimum absolute atomic E-state index is 0.736. The third-order valence-corrected chi connectivity index (χ3v) is 0.956.